The highest BCUT2D eigenvalue weighted by atomic mass is 32.2. The Morgan fingerprint density at radius 2 is 1.70 bits per heavy atom. The molecule has 0 aromatic rings. The maximum atomic E-state index is 5.60. The van der Waals surface area contributed by atoms with Gasteiger partial charge in [-0.25, -0.2) is 0 Å². The fourth-order valence-corrected chi connectivity index (χ4v) is 6.62. The van der Waals surface area contributed by atoms with Crippen LogP contribution in [0.3, 0.4) is 0 Å². The molecule has 3 fully saturated rings. The molecule has 2 unspecified atom stereocenters. The summed E-state index contributed by atoms with van der Waals surface area (Å²) in [4.78, 5) is 9.82. The van der Waals surface area contributed by atoms with Crippen LogP contribution in [0.25, 0.3) is 0 Å². The van der Waals surface area contributed by atoms with Gasteiger partial charge < -0.3 is 20.1 Å². The maximum absolute atomic E-state index is 5.60. The number of nitrogens with zero attached hydrogens (tertiary/aromatic N) is 3. The maximum Gasteiger partial charge on any atom is 0.191 e. The molecule has 8 heteroatoms. The largest absolute Gasteiger partial charge is 0.379 e. The van der Waals surface area contributed by atoms with Gasteiger partial charge in [-0.1, -0.05) is 26.7 Å². The van der Waals surface area contributed by atoms with Crippen molar-refractivity contribution < 1.29 is 9.47 Å². The van der Waals surface area contributed by atoms with E-state index in [2.05, 4.69) is 51.0 Å². The number of nitrogens with one attached hydrogen (secondary N) is 2. The van der Waals surface area contributed by atoms with E-state index < -0.39 is 0 Å². The zero-order chi connectivity index (χ0) is 21.2. The summed E-state index contributed by atoms with van der Waals surface area (Å²) < 4.78 is 11.2. The Kier molecular flexibility index (Phi) is 10.0. The van der Waals surface area contributed by atoms with Gasteiger partial charge in [-0.3, -0.25) is 14.8 Å². The van der Waals surface area contributed by atoms with E-state index in [9.17, 15) is 0 Å². The first-order valence-corrected chi connectivity index (χ1v) is 13.0. The summed E-state index contributed by atoms with van der Waals surface area (Å²) in [6.07, 6.45) is 3.67. The summed E-state index contributed by atoms with van der Waals surface area (Å²) >= 11 is 2.08. The fourth-order valence-electron chi connectivity index (χ4n) is 5.14. The molecule has 3 aliphatic rings. The smallest absolute Gasteiger partial charge is 0.191 e. The quantitative estimate of drug-likeness (QED) is 0.415. The summed E-state index contributed by atoms with van der Waals surface area (Å²) in [5.74, 6) is 4.07. The fraction of sp³-hybridized carbons (Fsp3) is 0.955. The third-order valence-electron chi connectivity index (χ3n) is 7.16. The van der Waals surface area contributed by atoms with Crippen molar-refractivity contribution in [1.29, 1.82) is 0 Å². The molecule has 0 aromatic carbocycles. The molecular weight excluding hydrogens is 398 g/mol. The number of ether oxygens (including phenoxy) is 2. The molecule has 3 heterocycles. The van der Waals surface area contributed by atoms with Crippen LogP contribution in [0.1, 0.15) is 33.1 Å². The minimum atomic E-state index is 0.227. The lowest BCUT2D eigenvalue weighted by molar-refractivity contribution is -0.0120. The highest BCUT2D eigenvalue weighted by Gasteiger charge is 2.40. The van der Waals surface area contributed by atoms with Crippen LogP contribution in [0.15, 0.2) is 4.99 Å². The van der Waals surface area contributed by atoms with Crippen molar-refractivity contribution in [2.24, 2.45) is 10.9 Å². The van der Waals surface area contributed by atoms with E-state index in [0.717, 1.165) is 71.7 Å². The topological polar surface area (TPSA) is 61.4 Å². The van der Waals surface area contributed by atoms with Crippen LogP contribution >= 0.6 is 11.8 Å². The number of hydrogen-bond donors (Lipinski definition) is 2. The Morgan fingerprint density at radius 3 is 2.27 bits per heavy atom. The van der Waals surface area contributed by atoms with Crippen molar-refractivity contribution in [1.82, 2.24) is 20.4 Å². The Bertz CT molecular complexity index is 514. The van der Waals surface area contributed by atoms with E-state index >= 15 is 0 Å². The third-order valence-corrected chi connectivity index (χ3v) is 8.39. The van der Waals surface area contributed by atoms with Gasteiger partial charge in [0, 0.05) is 63.6 Å². The number of thioether (sulfide) groups is 1. The number of guanidine groups is 1. The van der Waals surface area contributed by atoms with Crippen molar-refractivity contribution in [3.8, 4) is 0 Å². The Morgan fingerprint density at radius 1 is 1.03 bits per heavy atom. The number of morpholine rings is 2. The van der Waals surface area contributed by atoms with Crippen molar-refractivity contribution >= 4 is 17.7 Å². The van der Waals surface area contributed by atoms with Crippen LogP contribution in [-0.2, 0) is 9.47 Å². The van der Waals surface area contributed by atoms with E-state index in [1.807, 2.05) is 7.05 Å². The van der Waals surface area contributed by atoms with Crippen molar-refractivity contribution in [2.75, 3.05) is 84.2 Å². The summed E-state index contributed by atoms with van der Waals surface area (Å²) in [6, 6.07) is 0.526. The molecule has 0 bridgehead atoms. The normalized spacial score (nSPS) is 28.1. The Labute approximate surface area is 187 Å². The van der Waals surface area contributed by atoms with Crippen LogP contribution in [0.2, 0.25) is 0 Å². The van der Waals surface area contributed by atoms with Gasteiger partial charge in [0.25, 0.3) is 0 Å². The van der Waals surface area contributed by atoms with E-state index in [1.54, 1.807) is 0 Å². The van der Waals surface area contributed by atoms with Crippen LogP contribution in [0, 0.1) is 5.92 Å². The summed E-state index contributed by atoms with van der Waals surface area (Å²) in [6.45, 7) is 14.1. The molecule has 0 aliphatic carbocycles. The molecular formula is C22H43N5O2S. The minimum absolute atomic E-state index is 0.227. The van der Waals surface area contributed by atoms with Gasteiger partial charge in [-0.05, 0) is 18.1 Å². The van der Waals surface area contributed by atoms with Crippen molar-refractivity contribution in [2.45, 2.75) is 44.7 Å². The second-order valence-corrected chi connectivity index (χ2v) is 9.83. The van der Waals surface area contributed by atoms with Crippen LogP contribution in [-0.4, -0.2) is 112 Å². The summed E-state index contributed by atoms with van der Waals surface area (Å²) in [5.41, 5.74) is 0.227. The first-order valence-electron chi connectivity index (χ1n) is 11.9. The number of rotatable bonds is 9. The molecule has 3 rings (SSSR count). The predicted octanol–water partition coefficient (Wildman–Crippen LogP) is 1.50. The van der Waals surface area contributed by atoms with Crippen LogP contribution in [0.4, 0.5) is 0 Å². The van der Waals surface area contributed by atoms with Gasteiger partial charge in [0.2, 0.25) is 0 Å². The van der Waals surface area contributed by atoms with Gasteiger partial charge in [0.15, 0.2) is 5.96 Å². The molecule has 3 saturated heterocycles. The zero-order valence-electron chi connectivity index (χ0n) is 19.3. The average molecular weight is 442 g/mol. The van der Waals surface area contributed by atoms with Crippen LogP contribution in [0.5, 0.6) is 0 Å². The second kappa shape index (κ2) is 12.5. The van der Waals surface area contributed by atoms with Crippen LogP contribution < -0.4 is 10.6 Å². The highest BCUT2D eigenvalue weighted by molar-refractivity contribution is 7.99. The number of aliphatic imine (C=N–C) groups is 1. The average Bonchev–Trinajstić information content (AvgIpc) is 3.30. The van der Waals surface area contributed by atoms with Gasteiger partial charge in [0.1, 0.15) is 0 Å². The van der Waals surface area contributed by atoms with E-state index in [4.69, 9.17) is 9.47 Å². The van der Waals surface area contributed by atoms with E-state index in [-0.39, 0.29) is 5.54 Å². The highest BCUT2D eigenvalue weighted by Crippen LogP contribution is 2.33. The molecule has 0 spiro atoms. The minimum Gasteiger partial charge on any atom is -0.379 e. The molecule has 174 valence electrons. The molecule has 0 radical (unpaired) electrons. The monoisotopic (exact) mass is 441 g/mol. The van der Waals surface area contributed by atoms with E-state index in [0.29, 0.717) is 12.0 Å². The molecule has 3 aliphatic heterocycles. The third kappa shape index (κ3) is 6.25. The SMILES string of the molecule is CCC(CC)C(CNC(=NC)NCC1(N2CCOCC2)CCSC1)N1CCOCC1. The van der Waals surface area contributed by atoms with Gasteiger partial charge in [-0.2, -0.15) is 11.8 Å². The first-order chi connectivity index (χ1) is 14.7. The molecule has 30 heavy (non-hydrogen) atoms. The standard InChI is InChI=1S/C22H43N5O2S/c1-4-19(5-2)20(26-7-11-28-12-8-26)16-24-21(23-3)25-17-22(6-15-30-18-22)27-9-13-29-14-10-27/h19-20H,4-18H2,1-3H3,(H2,23,24,25). The zero-order valence-corrected chi connectivity index (χ0v) is 20.1. The van der Waals surface area contributed by atoms with Gasteiger partial charge in [0.05, 0.1) is 26.4 Å². The first kappa shape index (κ1) is 24.1. The summed E-state index contributed by atoms with van der Waals surface area (Å²) in [5, 5.41) is 7.35. The molecule has 0 aromatic heterocycles. The number of hydrogen-bond acceptors (Lipinski definition) is 6. The molecule has 7 nitrogen and oxygen atoms in total. The Balaban J connectivity index is 1.56. The molecule has 2 N–H and O–H groups in total. The lowest BCUT2D eigenvalue weighted by Crippen LogP contribution is -2.60. The van der Waals surface area contributed by atoms with Gasteiger partial charge in [-0.15, -0.1) is 0 Å². The molecule has 0 saturated carbocycles. The summed E-state index contributed by atoms with van der Waals surface area (Å²) in [7, 11) is 1.89. The second-order valence-electron chi connectivity index (χ2n) is 8.73. The molecule has 0 amide bonds. The lowest BCUT2D eigenvalue weighted by atomic mass is 9.92. The molecule has 2 atom stereocenters. The van der Waals surface area contributed by atoms with Gasteiger partial charge >= 0.3 is 0 Å². The predicted molar refractivity (Wildman–Crippen MR) is 127 cm³/mol. The van der Waals surface area contributed by atoms with Crippen molar-refractivity contribution in [3.05, 3.63) is 0 Å². The lowest BCUT2D eigenvalue weighted by Gasteiger charge is -2.43. The van der Waals surface area contributed by atoms with Crippen molar-refractivity contribution in [3.63, 3.8) is 0 Å². The Hall–Kier alpha value is -0.540. The van der Waals surface area contributed by atoms with E-state index in [1.165, 1.54) is 30.8 Å².